The lowest BCUT2D eigenvalue weighted by molar-refractivity contribution is -0.143. The molecule has 9 nitrogen and oxygen atoms in total. The molecular formula is C13H23N3O6. The van der Waals surface area contributed by atoms with E-state index in [1.165, 1.54) is 6.92 Å². The van der Waals surface area contributed by atoms with Crippen molar-refractivity contribution in [3.8, 4) is 0 Å². The number of carbonyl (C=O) groups is 4. The molecule has 0 heterocycles. The molecule has 0 fully saturated rings. The van der Waals surface area contributed by atoms with Crippen LogP contribution in [-0.4, -0.2) is 52.1 Å². The third-order valence-electron chi connectivity index (χ3n) is 2.92. The van der Waals surface area contributed by atoms with Crippen molar-refractivity contribution in [1.29, 1.82) is 0 Å². The molecule has 6 N–H and O–H groups in total. The highest BCUT2D eigenvalue weighted by molar-refractivity contribution is 5.91. The number of carbonyl (C=O) groups excluding carboxylic acids is 2. The number of hydrogen-bond donors (Lipinski definition) is 5. The summed E-state index contributed by atoms with van der Waals surface area (Å²) in [6.45, 7) is 4.81. The van der Waals surface area contributed by atoms with Gasteiger partial charge in [-0.1, -0.05) is 13.8 Å². The lowest BCUT2D eigenvalue weighted by atomic mass is 10.0. The van der Waals surface area contributed by atoms with E-state index in [4.69, 9.17) is 15.9 Å². The topological polar surface area (TPSA) is 159 Å². The summed E-state index contributed by atoms with van der Waals surface area (Å²) in [5.74, 6) is -4.02. The zero-order valence-corrected chi connectivity index (χ0v) is 12.8. The van der Waals surface area contributed by atoms with Crippen LogP contribution in [0.2, 0.25) is 0 Å². The van der Waals surface area contributed by atoms with Crippen molar-refractivity contribution in [2.75, 3.05) is 0 Å². The monoisotopic (exact) mass is 317 g/mol. The summed E-state index contributed by atoms with van der Waals surface area (Å²) in [5.41, 5.74) is 5.41. The van der Waals surface area contributed by atoms with Crippen LogP contribution in [0.5, 0.6) is 0 Å². The first-order valence-corrected chi connectivity index (χ1v) is 6.87. The maximum atomic E-state index is 12.1. The Bertz CT molecular complexity index is 435. The minimum atomic E-state index is -1.34. The SMILES string of the molecule is CC(C)[C@H](NC(=O)[C@H](C)N)C(=O)N[C@@H](CCC(=O)O)C(=O)O. The van der Waals surface area contributed by atoms with E-state index < -0.39 is 48.3 Å². The molecule has 0 radical (unpaired) electrons. The Morgan fingerprint density at radius 1 is 1.00 bits per heavy atom. The first kappa shape index (κ1) is 19.8. The first-order chi connectivity index (χ1) is 10.1. The van der Waals surface area contributed by atoms with E-state index in [1.807, 2.05) is 0 Å². The largest absolute Gasteiger partial charge is 0.481 e. The van der Waals surface area contributed by atoms with Gasteiger partial charge in [-0.25, -0.2) is 4.79 Å². The Hall–Kier alpha value is -2.16. The zero-order valence-electron chi connectivity index (χ0n) is 12.8. The molecule has 126 valence electrons. The molecule has 0 aliphatic rings. The maximum absolute atomic E-state index is 12.1. The summed E-state index contributed by atoms with van der Waals surface area (Å²) >= 11 is 0. The molecule has 3 atom stereocenters. The number of rotatable bonds is 9. The van der Waals surface area contributed by atoms with Gasteiger partial charge in [0, 0.05) is 6.42 Å². The zero-order chi connectivity index (χ0) is 17.4. The van der Waals surface area contributed by atoms with Gasteiger partial charge in [0.15, 0.2) is 0 Å². The number of carboxylic acid groups (broad SMARTS) is 2. The normalized spacial score (nSPS) is 14.8. The highest BCUT2D eigenvalue weighted by Gasteiger charge is 2.29. The van der Waals surface area contributed by atoms with Crippen molar-refractivity contribution in [2.45, 2.75) is 51.7 Å². The van der Waals surface area contributed by atoms with Crippen LogP contribution in [0.4, 0.5) is 0 Å². The van der Waals surface area contributed by atoms with Gasteiger partial charge in [-0.15, -0.1) is 0 Å². The third-order valence-corrected chi connectivity index (χ3v) is 2.92. The fourth-order valence-electron chi connectivity index (χ4n) is 1.61. The molecule has 0 bridgehead atoms. The third kappa shape index (κ3) is 7.02. The second kappa shape index (κ2) is 8.98. The minimum absolute atomic E-state index is 0.248. The molecule has 0 unspecified atom stereocenters. The van der Waals surface area contributed by atoms with Gasteiger partial charge in [0.25, 0.3) is 0 Å². The summed E-state index contributed by atoms with van der Waals surface area (Å²) in [7, 11) is 0. The second-order valence-electron chi connectivity index (χ2n) is 5.35. The average molecular weight is 317 g/mol. The Labute approximate surface area is 128 Å². The van der Waals surface area contributed by atoms with Gasteiger partial charge in [-0.2, -0.15) is 0 Å². The van der Waals surface area contributed by atoms with E-state index >= 15 is 0 Å². The predicted molar refractivity (Wildman–Crippen MR) is 76.9 cm³/mol. The summed E-state index contributed by atoms with van der Waals surface area (Å²) < 4.78 is 0. The summed E-state index contributed by atoms with van der Waals surface area (Å²) in [5, 5.41) is 22.3. The summed E-state index contributed by atoms with van der Waals surface area (Å²) in [6.07, 6.45) is -0.641. The molecule has 0 rings (SSSR count). The molecule has 0 aromatic heterocycles. The van der Waals surface area contributed by atoms with Gasteiger partial charge in [0.2, 0.25) is 11.8 Å². The Balaban J connectivity index is 4.87. The number of nitrogens with one attached hydrogen (secondary N) is 2. The number of carboxylic acids is 2. The van der Waals surface area contributed by atoms with Gasteiger partial charge in [0.1, 0.15) is 12.1 Å². The van der Waals surface area contributed by atoms with E-state index in [2.05, 4.69) is 10.6 Å². The Morgan fingerprint density at radius 2 is 1.55 bits per heavy atom. The van der Waals surface area contributed by atoms with Gasteiger partial charge in [-0.3, -0.25) is 14.4 Å². The highest BCUT2D eigenvalue weighted by Crippen LogP contribution is 2.05. The number of aliphatic carboxylic acids is 2. The fraction of sp³-hybridized carbons (Fsp3) is 0.692. The van der Waals surface area contributed by atoms with Crippen molar-refractivity contribution in [3.63, 3.8) is 0 Å². The molecule has 0 aromatic rings. The molecule has 0 spiro atoms. The minimum Gasteiger partial charge on any atom is -0.481 e. The van der Waals surface area contributed by atoms with E-state index in [0.717, 1.165) is 0 Å². The smallest absolute Gasteiger partial charge is 0.326 e. The van der Waals surface area contributed by atoms with Crippen molar-refractivity contribution in [2.24, 2.45) is 11.7 Å². The van der Waals surface area contributed by atoms with E-state index in [1.54, 1.807) is 13.8 Å². The number of hydrogen-bond acceptors (Lipinski definition) is 5. The summed E-state index contributed by atoms with van der Waals surface area (Å²) in [4.78, 5) is 45.3. The number of nitrogens with two attached hydrogens (primary N) is 1. The average Bonchev–Trinajstić information content (AvgIpc) is 2.38. The fourth-order valence-corrected chi connectivity index (χ4v) is 1.61. The first-order valence-electron chi connectivity index (χ1n) is 6.87. The lowest BCUT2D eigenvalue weighted by Crippen LogP contribution is -2.55. The van der Waals surface area contributed by atoms with Crippen LogP contribution < -0.4 is 16.4 Å². The van der Waals surface area contributed by atoms with Crippen LogP contribution in [-0.2, 0) is 19.2 Å². The molecule has 2 amide bonds. The van der Waals surface area contributed by atoms with E-state index in [-0.39, 0.29) is 12.3 Å². The van der Waals surface area contributed by atoms with Crippen LogP contribution in [0.3, 0.4) is 0 Å². The highest BCUT2D eigenvalue weighted by atomic mass is 16.4. The van der Waals surface area contributed by atoms with Gasteiger partial charge >= 0.3 is 11.9 Å². The maximum Gasteiger partial charge on any atom is 0.326 e. The van der Waals surface area contributed by atoms with E-state index in [9.17, 15) is 19.2 Å². The molecule has 0 aliphatic carbocycles. The predicted octanol–water partition coefficient (Wildman–Crippen LogP) is -1.09. The standard InChI is InChI=1S/C13H23N3O6/c1-6(2)10(16-11(19)7(3)14)12(20)15-8(13(21)22)4-5-9(17)18/h6-8,10H,4-5,14H2,1-3H3,(H,15,20)(H,16,19)(H,17,18)(H,21,22)/t7-,8-,10-/m0/s1. The van der Waals surface area contributed by atoms with Gasteiger partial charge in [-0.05, 0) is 19.3 Å². The Kier molecular flexibility index (Phi) is 8.10. The van der Waals surface area contributed by atoms with E-state index in [0.29, 0.717) is 0 Å². The van der Waals surface area contributed by atoms with Crippen molar-refractivity contribution in [1.82, 2.24) is 10.6 Å². The van der Waals surface area contributed by atoms with Crippen LogP contribution in [0.1, 0.15) is 33.6 Å². The quantitative estimate of drug-likeness (QED) is 0.361. The van der Waals surface area contributed by atoms with Crippen molar-refractivity contribution in [3.05, 3.63) is 0 Å². The molecular weight excluding hydrogens is 294 g/mol. The molecule has 0 aliphatic heterocycles. The molecule has 22 heavy (non-hydrogen) atoms. The number of amides is 2. The van der Waals surface area contributed by atoms with Gasteiger partial charge in [0.05, 0.1) is 6.04 Å². The van der Waals surface area contributed by atoms with Crippen LogP contribution >= 0.6 is 0 Å². The van der Waals surface area contributed by atoms with Gasteiger partial charge < -0.3 is 26.6 Å². The second-order valence-corrected chi connectivity index (χ2v) is 5.35. The summed E-state index contributed by atoms with van der Waals surface area (Å²) in [6, 6.07) is -3.10. The Morgan fingerprint density at radius 3 is 1.91 bits per heavy atom. The van der Waals surface area contributed by atoms with Crippen molar-refractivity contribution >= 4 is 23.8 Å². The van der Waals surface area contributed by atoms with Crippen LogP contribution in [0.15, 0.2) is 0 Å². The molecule has 0 aromatic carbocycles. The lowest BCUT2D eigenvalue weighted by Gasteiger charge is -2.24. The van der Waals surface area contributed by atoms with Crippen molar-refractivity contribution < 1.29 is 29.4 Å². The molecule has 0 saturated heterocycles. The van der Waals surface area contributed by atoms with Crippen LogP contribution in [0.25, 0.3) is 0 Å². The van der Waals surface area contributed by atoms with Crippen LogP contribution in [0, 0.1) is 5.92 Å². The molecule has 0 saturated carbocycles. The molecule has 9 heteroatoms.